The summed E-state index contributed by atoms with van der Waals surface area (Å²) in [4.78, 5) is 46.1. The predicted molar refractivity (Wildman–Crippen MR) is 132 cm³/mol. The first-order valence-corrected chi connectivity index (χ1v) is 11.5. The average molecular weight is 485 g/mol. The lowest BCUT2D eigenvalue weighted by atomic mass is 9.95. The molecule has 8 nitrogen and oxygen atoms in total. The third-order valence-corrected chi connectivity index (χ3v) is 6.28. The van der Waals surface area contributed by atoms with Gasteiger partial charge >= 0.3 is 11.9 Å². The van der Waals surface area contributed by atoms with Crippen LogP contribution in [-0.2, 0) is 28.6 Å². The Bertz CT molecular complexity index is 1470. The number of benzene rings is 2. The molecular formula is C28H24N2O6. The monoisotopic (exact) mass is 484 g/mol. The maximum Gasteiger partial charge on any atom is 0.355 e. The second-order valence-electron chi connectivity index (χ2n) is 8.71. The summed E-state index contributed by atoms with van der Waals surface area (Å²) in [5.74, 6) is -2.29. The van der Waals surface area contributed by atoms with Gasteiger partial charge in [-0.3, -0.25) is 14.7 Å². The van der Waals surface area contributed by atoms with E-state index in [2.05, 4.69) is 4.98 Å². The van der Waals surface area contributed by atoms with Gasteiger partial charge in [-0.05, 0) is 23.1 Å². The molecule has 36 heavy (non-hydrogen) atoms. The van der Waals surface area contributed by atoms with Gasteiger partial charge in [0, 0.05) is 28.6 Å². The lowest BCUT2D eigenvalue weighted by molar-refractivity contribution is -0.150. The van der Waals surface area contributed by atoms with Crippen molar-refractivity contribution in [3.8, 4) is 0 Å². The van der Waals surface area contributed by atoms with Crippen molar-refractivity contribution in [2.24, 2.45) is 5.92 Å². The maximum atomic E-state index is 13.7. The third-order valence-electron chi connectivity index (χ3n) is 6.28. The van der Waals surface area contributed by atoms with E-state index in [1.807, 2.05) is 36.4 Å². The molecular weight excluding hydrogens is 460 g/mol. The molecule has 0 fully saturated rings. The molecule has 0 radical (unpaired) electrons. The van der Waals surface area contributed by atoms with Crippen LogP contribution in [0.1, 0.15) is 36.9 Å². The molecule has 1 unspecified atom stereocenters. The summed E-state index contributed by atoms with van der Waals surface area (Å²) < 4.78 is 16.9. The summed E-state index contributed by atoms with van der Waals surface area (Å²) in [6, 6.07) is 16.6. The fourth-order valence-corrected chi connectivity index (χ4v) is 4.70. The Hall–Kier alpha value is -4.46. The number of carbonyl (C=O) groups is 3. The zero-order chi connectivity index (χ0) is 25.6. The minimum absolute atomic E-state index is 0.101. The van der Waals surface area contributed by atoms with Gasteiger partial charge in [0.1, 0.15) is 22.7 Å². The van der Waals surface area contributed by atoms with Crippen LogP contribution >= 0.6 is 0 Å². The summed E-state index contributed by atoms with van der Waals surface area (Å²) in [6.07, 6.45) is 0.427. The van der Waals surface area contributed by atoms with E-state index in [0.29, 0.717) is 22.6 Å². The number of methoxy groups -OCH3 is 2. The largest absolute Gasteiger partial charge is 0.465 e. The molecule has 0 N–H and O–H groups in total. The molecule has 1 atom stereocenters. The van der Waals surface area contributed by atoms with E-state index in [4.69, 9.17) is 14.2 Å². The van der Waals surface area contributed by atoms with E-state index in [1.54, 1.807) is 38.2 Å². The Morgan fingerprint density at radius 1 is 0.917 bits per heavy atom. The van der Waals surface area contributed by atoms with E-state index in [9.17, 15) is 14.4 Å². The number of hydrogen-bond donors (Lipinski definition) is 0. The van der Waals surface area contributed by atoms with Gasteiger partial charge in [0.25, 0.3) is 0 Å². The first kappa shape index (κ1) is 23.3. The minimum Gasteiger partial charge on any atom is -0.465 e. The van der Waals surface area contributed by atoms with Gasteiger partial charge in [-0.2, -0.15) is 0 Å². The molecule has 2 aliphatic rings. The Morgan fingerprint density at radius 2 is 1.61 bits per heavy atom. The second kappa shape index (κ2) is 8.96. The topological polar surface area (TPSA) is 95.0 Å². The third kappa shape index (κ3) is 3.45. The van der Waals surface area contributed by atoms with Crippen LogP contribution in [0, 0.1) is 5.92 Å². The van der Waals surface area contributed by atoms with Crippen LogP contribution in [0.25, 0.3) is 22.1 Å². The van der Waals surface area contributed by atoms with E-state index < -0.39 is 30.0 Å². The van der Waals surface area contributed by atoms with Gasteiger partial charge in [0.15, 0.2) is 0 Å². The number of rotatable bonds is 4. The first-order chi connectivity index (χ1) is 17.4. The van der Waals surface area contributed by atoms with Crippen LogP contribution in [0.3, 0.4) is 0 Å². The molecule has 1 aliphatic carbocycles. The van der Waals surface area contributed by atoms with Crippen molar-refractivity contribution in [1.82, 2.24) is 9.88 Å². The zero-order valence-corrected chi connectivity index (χ0v) is 20.3. The van der Waals surface area contributed by atoms with Crippen LogP contribution in [0.2, 0.25) is 0 Å². The van der Waals surface area contributed by atoms with Crippen LogP contribution in [0.5, 0.6) is 0 Å². The van der Waals surface area contributed by atoms with Crippen LogP contribution in [0.4, 0.5) is 0 Å². The fourth-order valence-electron chi connectivity index (χ4n) is 4.70. The summed E-state index contributed by atoms with van der Waals surface area (Å²) in [7, 11) is 2.42. The van der Waals surface area contributed by atoms with Crippen LogP contribution in [0.15, 0.2) is 72.1 Å². The minimum atomic E-state index is -1.15. The van der Waals surface area contributed by atoms with Gasteiger partial charge in [-0.1, -0.05) is 56.3 Å². The maximum absolute atomic E-state index is 13.7. The molecule has 0 saturated heterocycles. The number of fused-ring (bicyclic) bond motifs is 2. The van der Waals surface area contributed by atoms with Gasteiger partial charge in [-0.25, -0.2) is 9.59 Å². The molecule has 2 heterocycles. The van der Waals surface area contributed by atoms with Crippen LogP contribution in [-0.4, -0.2) is 41.9 Å². The van der Waals surface area contributed by atoms with E-state index in [1.165, 1.54) is 19.1 Å². The SMILES string of the molecule is COC(=O)C1=C(C(=O)OC)N(C(=O)C(C)C)C(c2ccccn2)OC2=C1c1cccc3cccc2c13. The number of aromatic nitrogens is 1. The zero-order valence-electron chi connectivity index (χ0n) is 20.3. The molecule has 1 amide bonds. The Labute approximate surface area is 207 Å². The normalized spacial score (nSPS) is 16.6. The smallest absolute Gasteiger partial charge is 0.355 e. The number of carbonyl (C=O) groups excluding carboxylic acids is 3. The van der Waals surface area contributed by atoms with Crippen molar-refractivity contribution >= 4 is 40.0 Å². The quantitative estimate of drug-likeness (QED) is 0.512. The van der Waals surface area contributed by atoms with Crippen molar-refractivity contribution in [2.45, 2.75) is 20.1 Å². The lowest BCUT2D eigenvalue weighted by Gasteiger charge is -2.32. The second-order valence-corrected chi connectivity index (χ2v) is 8.71. The Morgan fingerprint density at radius 3 is 2.22 bits per heavy atom. The first-order valence-electron chi connectivity index (χ1n) is 11.5. The number of amides is 1. The van der Waals surface area contributed by atoms with Crippen molar-refractivity contribution in [3.63, 3.8) is 0 Å². The van der Waals surface area contributed by atoms with Crippen molar-refractivity contribution in [1.29, 1.82) is 0 Å². The molecule has 182 valence electrons. The van der Waals surface area contributed by atoms with Gasteiger partial charge in [0.2, 0.25) is 12.1 Å². The molecule has 1 aliphatic heterocycles. The highest BCUT2D eigenvalue weighted by atomic mass is 16.5. The molecule has 0 saturated carbocycles. The average Bonchev–Trinajstić information content (AvgIpc) is 3.11. The van der Waals surface area contributed by atoms with Gasteiger partial charge < -0.3 is 14.2 Å². The molecule has 0 bridgehead atoms. The van der Waals surface area contributed by atoms with Gasteiger partial charge in [0.05, 0.1) is 14.2 Å². The van der Waals surface area contributed by atoms with E-state index >= 15 is 0 Å². The Balaban J connectivity index is 1.93. The standard InChI is InChI=1S/C28H24N2O6/c1-15(2)25(31)30-23(28(33)35-4)22(27(32)34-3)21-17-11-7-9-16-10-8-12-18(20(16)17)24(21)36-26(30)19-13-5-6-14-29-19/h5-15,26H,1-4H3. The highest BCUT2D eigenvalue weighted by Gasteiger charge is 2.46. The highest BCUT2D eigenvalue weighted by Crippen LogP contribution is 2.51. The molecule has 8 heteroatoms. The molecule has 2 aromatic carbocycles. The number of nitrogens with zero attached hydrogens (tertiary/aromatic N) is 2. The van der Waals surface area contributed by atoms with Crippen molar-refractivity contribution in [3.05, 3.63) is 88.9 Å². The number of ether oxygens (including phenoxy) is 3. The fraction of sp³-hybridized carbons (Fsp3) is 0.214. The predicted octanol–water partition coefficient (Wildman–Crippen LogP) is 4.23. The number of hydrogen-bond acceptors (Lipinski definition) is 7. The lowest BCUT2D eigenvalue weighted by Crippen LogP contribution is -2.41. The number of esters is 2. The molecule has 0 spiro atoms. The summed E-state index contributed by atoms with van der Waals surface area (Å²) in [5, 5.41) is 1.81. The van der Waals surface area contributed by atoms with Crippen molar-refractivity contribution in [2.75, 3.05) is 14.2 Å². The Kier molecular flexibility index (Phi) is 5.80. The highest BCUT2D eigenvalue weighted by molar-refractivity contribution is 6.25. The van der Waals surface area contributed by atoms with E-state index in [0.717, 1.165) is 16.3 Å². The number of pyridine rings is 1. The van der Waals surface area contributed by atoms with Crippen molar-refractivity contribution < 1.29 is 28.6 Å². The summed E-state index contributed by atoms with van der Waals surface area (Å²) in [5.41, 5.74) is 1.83. The summed E-state index contributed by atoms with van der Waals surface area (Å²) in [6.45, 7) is 3.40. The van der Waals surface area contributed by atoms with Crippen LogP contribution < -0.4 is 0 Å². The molecule has 1 aromatic heterocycles. The van der Waals surface area contributed by atoms with E-state index in [-0.39, 0.29) is 11.3 Å². The summed E-state index contributed by atoms with van der Waals surface area (Å²) >= 11 is 0. The molecule has 3 aromatic rings. The van der Waals surface area contributed by atoms with Gasteiger partial charge in [-0.15, -0.1) is 0 Å². The molecule has 5 rings (SSSR count).